The van der Waals surface area contributed by atoms with Crippen molar-refractivity contribution < 1.29 is 9.53 Å². The van der Waals surface area contributed by atoms with E-state index in [4.69, 9.17) is 16.2 Å². The highest BCUT2D eigenvalue weighted by Gasteiger charge is 2.27. The van der Waals surface area contributed by atoms with E-state index in [1.54, 1.807) is 11.0 Å². The third-order valence-corrected chi connectivity index (χ3v) is 3.03. The molecular formula is C13H17N3O2. The summed E-state index contributed by atoms with van der Waals surface area (Å²) in [6, 6.07) is 10.9. The smallest absolute Gasteiger partial charge is 0.410 e. The first-order valence-corrected chi connectivity index (χ1v) is 5.97. The van der Waals surface area contributed by atoms with Crippen molar-refractivity contribution in [2.75, 3.05) is 13.1 Å². The molecule has 0 saturated carbocycles. The molecule has 5 heteroatoms. The molecule has 1 amide bonds. The Morgan fingerprint density at radius 3 is 3.00 bits per heavy atom. The molecule has 2 atom stereocenters. The number of ether oxygens (including phenoxy) is 1. The van der Waals surface area contributed by atoms with Gasteiger partial charge in [0.25, 0.3) is 0 Å². The van der Waals surface area contributed by atoms with E-state index >= 15 is 0 Å². The Balaban J connectivity index is 1.82. The van der Waals surface area contributed by atoms with Gasteiger partial charge in [0, 0.05) is 30.7 Å². The van der Waals surface area contributed by atoms with E-state index in [0.29, 0.717) is 19.5 Å². The third kappa shape index (κ3) is 3.13. The largest absolute Gasteiger partial charge is 0.444 e. The van der Waals surface area contributed by atoms with Crippen LogP contribution >= 0.6 is 0 Å². The maximum absolute atomic E-state index is 11.8. The van der Waals surface area contributed by atoms with Crippen molar-refractivity contribution >= 4 is 6.09 Å². The Morgan fingerprint density at radius 1 is 1.50 bits per heavy atom. The number of nitrogens with two attached hydrogens (primary N) is 2. The van der Waals surface area contributed by atoms with Crippen molar-refractivity contribution in [2.45, 2.75) is 25.1 Å². The van der Waals surface area contributed by atoms with Gasteiger partial charge in [-0.3, -0.25) is 0 Å². The number of likely N-dealkylation sites (tertiary alicyclic amines) is 1. The van der Waals surface area contributed by atoms with Gasteiger partial charge >= 0.3 is 6.09 Å². The summed E-state index contributed by atoms with van der Waals surface area (Å²) in [6.45, 7) is 1.25. The van der Waals surface area contributed by atoms with E-state index in [2.05, 4.69) is 12.1 Å². The monoisotopic (exact) mass is 247 g/mol. The average Bonchev–Trinajstić information content (AvgIpc) is 2.40. The van der Waals surface area contributed by atoms with Crippen molar-refractivity contribution in [1.82, 2.24) is 4.90 Å². The molecule has 1 aliphatic heterocycles. The van der Waals surface area contributed by atoms with Crippen LogP contribution in [0.3, 0.4) is 0 Å². The van der Waals surface area contributed by atoms with Gasteiger partial charge in [0.15, 0.2) is 0 Å². The molecule has 0 radical (unpaired) electrons. The van der Waals surface area contributed by atoms with Crippen LogP contribution in [-0.4, -0.2) is 36.2 Å². The lowest BCUT2D eigenvalue weighted by Gasteiger charge is -2.34. The van der Waals surface area contributed by atoms with Gasteiger partial charge in [-0.25, -0.2) is 4.79 Å². The molecule has 1 aromatic carbocycles. The number of nitrogens with zero attached hydrogens (tertiary/aromatic N) is 1. The molecule has 5 nitrogen and oxygen atoms in total. The lowest BCUT2D eigenvalue weighted by atomic mass is 10.0. The van der Waals surface area contributed by atoms with Crippen molar-refractivity contribution in [3.05, 3.63) is 35.9 Å². The van der Waals surface area contributed by atoms with Crippen molar-refractivity contribution in [3.8, 4) is 0 Å². The summed E-state index contributed by atoms with van der Waals surface area (Å²) in [7, 11) is 0. The van der Waals surface area contributed by atoms with Crippen molar-refractivity contribution in [3.63, 3.8) is 0 Å². The minimum atomic E-state index is -0.352. The zero-order chi connectivity index (χ0) is 13.0. The fourth-order valence-electron chi connectivity index (χ4n) is 1.87. The molecule has 1 fully saturated rings. The Hall–Kier alpha value is -1.77. The fourth-order valence-corrected chi connectivity index (χ4v) is 1.87. The van der Waals surface area contributed by atoms with Crippen LogP contribution in [0.1, 0.15) is 12.0 Å². The van der Waals surface area contributed by atoms with E-state index in [1.165, 1.54) is 0 Å². The molecule has 4 N–H and O–H groups in total. The molecule has 1 saturated heterocycles. The summed E-state index contributed by atoms with van der Waals surface area (Å²) in [5.74, 6) is 0. The second kappa shape index (κ2) is 5.71. The van der Waals surface area contributed by atoms with E-state index < -0.39 is 0 Å². The lowest BCUT2D eigenvalue weighted by Crippen LogP contribution is -2.56. The van der Waals surface area contributed by atoms with E-state index in [9.17, 15) is 4.79 Å². The Morgan fingerprint density at radius 2 is 2.33 bits per heavy atom. The molecule has 2 rings (SSSR count). The van der Waals surface area contributed by atoms with Crippen LogP contribution in [0, 0.1) is 12.1 Å². The molecule has 18 heavy (non-hydrogen) atoms. The van der Waals surface area contributed by atoms with Crippen LogP contribution in [0.15, 0.2) is 18.2 Å². The number of piperidine rings is 1. The Labute approximate surface area is 107 Å². The maximum atomic E-state index is 11.8. The Bertz CT molecular complexity index is 396. The van der Waals surface area contributed by atoms with Crippen LogP contribution in [-0.2, 0) is 11.3 Å². The fraction of sp³-hybridized carbons (Fsp3) is 0.462. The van der Waals surface area contributed by atoms with Crippen molar-refractivity contribution in [2.24, 2.45) is 11.5 Å². The van der Waals surface area contributed by atoms with E-state index in [1.807, 2.05) is 12.1 Å². The molecule has 1 heterocycles. The second-order valence-corrected chi connectivity index (χ2v) is 4.44. The van der Waals surface area contributed by atoms with Crippen LogP contribution in [0.5, 0.6) is 0 Å². The summed E-state index contributed by atoms with van der Waals surface area (Å²) in [4.78, 5) is 13.4. The van der Waals surface area contributed by atoms with E-state index in [-0.39, 0.29) is 24.8 Å². The molecule has 96 valence electrons. The SMILES string of the molecule is NC1CCN(C(=O)OCc2c#cccc2)CC1N. The van der Waals surface area contributed by atoms with Crippen molar-refractivity contribution in [1.29, 1.82) is 0 Å². The van der Waals surface area contributed by atoms with Crippen LogP contribution < -0.4 is 11.5 Å². The zero-order valence-electron chi connectivity index (χ0n) is 10.1. The predicted octanol–water partition coefficient (Wildman–Crippen LogP) is 0.284. The number of hydrogen-bond donors (Lipinski definition) is 2. The topological polar surface area (TPSA) is 81.6 Å². The first-order chi connectivity index (χ1) is 8.66. The lowest BCUT2D eigenvalue weighted by molar-refractivity contribution is 0.0835. The van der Waals surface area contributed by atoms with Gasteiger partial charge in [-0.1, -0.05) is 18.2 Å². The number of amides is 1. The first-order valence-electron chi connectivity index (χ1n) is 5.97. The number of hydrogen-bond acceptors (Lipinski definition) is 4. The minimum Gasteiger partial charge on any atom is -0.444 e. The highest BCUT2D eigenvalue weighted by molar-refractivity contribution is 5.67. The quantitative estimate of drug-likeness (QED) is 0.786. The molecular weight excluding hydrogens is 230 g/mol. The second-order valence-electron chi connectivity index (χ2n) is 4.44. The van der Waals surface area contributed by atoms with Gasteiger partial charge in [0.2, 0.25) is 0 Å². The summed E-state index contributed by atoms with van der Waals surface area (Å²) in [5.41, 5.74) is 12.4. The Kier molecular flexibility index (Phi) is 4.03. The highest BCUT2D eigenvalue weighted by Crippen LogP contribution is 2.10. The molecule has 0 aliphatic carbocycles. The van der Waals surface area contributed by atoms with Gasteiger partial charge in [-0.15, -0.1) is 0 Å². The third-order valence-electron chi connectivity index (χ3n) is 3.03. The number of carbonyl (C=O) groups is 1. The van der Waals surface area contributed by atoms with Gasteiger partial charge in [-0.2, -0.15) is 0 Å². The van der Waals surface area contributed by atoms with Gasteiger partial charge in [0.05, 0.1) is 0 Å². The maximum Gasteiger partial charge on any atom is 0.410 e. The van der Waals surface area contributed by atoms with Crippen LogP contribution in [0.2, 0.25) is 0 Å². The average molecular weight is 247 g/mol. The van der Waals surface area contributed by atoms with Gasteiger partial charge < -0.3 is 21.1 Å². The molecule has 1 aliphatic rings. The summed E-state index contributed by atoms with van der Waals surface area (Å²) >= 11 is 0. The minimum absolute atomic E-state index is 0.0360. The molecule has 0 spiro atoms. The first kappa shape index (κ1) is 12.7. The number of carbonyl (C=O) groups excluding carboxylic acids is 1. The summed E-state index contributed by atoms with van der Waals surface area (Å²) < 4.78 is 5.19. The molecule has 1 aromatic rings. The molecule has 0 aromatic heterocycles. The highest BCUT2D eigenvalue weighted by atomic mass is 16.6. The summed E-state index contributed by atoms with van der Waals surface area (Å²) in [6.07, 6.45) is 0.358. The van der Waals surface area contributed by atoms with Gasteiger partial charge in [0.1, 0.15) is 6.61 Å². The van der Waals surface area contributed by atoms with Crippen LogP contribution in [0.4, 0.5) is 4.79 Å². The molecule has 0 bridgehead atoms. The van der Waals surface area contributed by atoms with Gasteiger partial charge in [-0.05, 0) is 18.6 Å². The predicted molar refractivity (Wildman–Crippen MR) is 66.4 cm³/mol. The van der Waals surface area contributed by atoms with Crippen LogP contribution in [0.25, 0.3) is 0 Å². The molecule has 2 unspecified atom stereocenters. The number of rotatable bonds is 2. The normalized spacial score (nSPS) is 23.3. The summed E-state index contributed by atoms with van der Waals surface area (Å²) in [5, 5.41) is 0. The standard InChI is InChI=1S/C13H17N3O2/c14-11-6-7-16(8-12(11)15)13(17)18-9-10-4-2-1-3-5-10/h1-2,4,11-12H,6-9,14-15H2. The zero-order valence-corrected chi connectivity index (χ0v) is 10.1. The van der Waals surface area contributed by atoms with E-state index in [0.717, 1.165) is 5.56 Å².